The second-order valence-corrected chi connectivity index (χ2v) is 6.74. The summed E-state index contributed by atoms with van der Waals surface area (Å²) in [6.07, 6.45) is 4.48. The maximum Gasteiger partial charge on any atom is 0.119 e. The van der Waals surface area contributed by atoms with Gasteiger partial charge >= 0.3 is 0 Å². The molecule has 1 heterocycles. The number of hydrogen-bond acceptors (Lipinski definition) is 3. The fraction of sp³-hybridized carbons (Fsp3) is 0.647. The van der Waals surface area contributed by atoms with E-state index in [0.29, 0.717) is 6.04 Å². The Morgan fingerprint density at radius 3 is 2.86 bits per heavy atom. The fourth-order valence-electron chi connectivity index (χ4n) is 3.04. The molecule has 1 aliphatic heterocycles. The van der Waals surface area contributed by atoms with Crippen LogP contribution in [0.4, 0.5) is 0 Å². The van der Waals surface area contributed by atoms with Crippen LogP contribution in [0.1, 0.15) is 38.7 Å². The van der Waals surface area contributed by atoms with E-state index in [-0.39, 0.29) is 5.60 Å². The smallest absolute Gasteiger partial charge is 0.119 e. The van der Waals surface area contributed by atoms with Gasteiger partial charge in [-0.2, -0.15) is 0 Å². The van der Waals surface area contributed by atoms with Gasteiger partial charge in [-0.1, -0.05) is 22.9 Å². The third kappa shape index (κ3) is 4.21. The summed E-state index contributed by atoms with van der Waals surface area (Å²) in [7, 11) is 1.71. The van der Waals surface area contributed by atoms with Gasteiger partial charge < -0.3 is 14.8 Å². The van der Waals surface area contributed by atoms with Crippen molar-refractivity contribution in [2.75, 3.05) is 20.3 Å². The average Bonchev–Trinajstić information content (AvgIpc) is 2.49. The summed E-state index contributed by atoms with van der Waals surface area (Å²) in [5.41, 5.74) is 1.17. The summed E-state index contributed by atoms with van der Waals surface area (Å²) in [5, 5.41) is 3.62. The van der Waals surface area contributed by atoms with E-state index in [4.69, 9.17) is 9.47 Å². The third-order valence-electron chi connectivity index (χ3n) is 4.36. The minimum Gasteiger partial charge on any atom is -0.497 e. The Morgan fingerprint density at radius 1 is 1.43 bits per heavy atom. The molecule has 2 unspecified atom stereocenters. The number of halogens is 1. The van der Waals surface area contributed by atoms with Crippen molar-refractivity contribution in [3.63, 3.8) is 0 Å². The number of hydrogen-bond donors (Lipinski definition) is 1. The summed E-state index contributed by atoms with van der Waals surface area (Å²) < 4.78 is 12.6. The lowest BCUT2D eigenvalue weighted by Gasteiger charge is -2.41. The summed E-state index contributed by atoms with van der Waals surface area (Å²) in [4.78, 5) is 0. The summed E-state index contributed by atoms with van der Waals surface area (Å²) >= 11 is 3.66. The van der Waals surface area contributed by atoms with Gasteiger partial charge in [-0.25, -0.2) is 0 Å². The van der Waals surface area contributed by atoms with Crippen molar-refractivity contribution >= 4 is 15.9 Å². The zero-order valence-corrected chi connectivity index (χ0v) is 14.8. The quantitative estimate of drug-likeness (QED) is 0.838. The molecule has 21 heavy (non-hydrogen) atoms. The molecule has 0 aliphatic carbocycles. The standard InChI is InChI=1S/C17H26BrNO2/c1-4-19-16(17(2)9-5-6-10-21-17)12-13-11-14(20-3)7-8-15(13)18/h7-8,11,16,19H,4-6,9-10,12H2,1-3H3. The number of rotatable bonds is 6. The van der Waals surface area contributed by atoms with Crippen molar-refractivity contribution in [1.82, 2.24) is 5.32 Å². The maximum atomic E-state index is 6.14. The SMILES string of the molecule is CCNC(Cc1cc(OC)ccc1Br)C1(C)CCCCO1. The molecule has 1 aromatic rings. The molecule has 4 heteroatoms. The second-order valence-electron chi connectivity index (χ2n) is 5.89. The summed E-state index contributed by atoms with van der Waals surface area (Å²) in [6.45, 7) is 6.22. The van der Waals surface area contributed by atoms with Crippen molar-refractivity contribution in [3.8, 4) is 5.75 Å². The molecule has 1 saturated heterocycles. The van der Waals surface area contributed by atoms with Crippen LogP contribution in [-0.4, -0.2) is 31.9 Å². The highest BCUT2D eigenvalue weighted by atomic mass is 79.9. The van der Waals surface area contributed by atoms with Crippen LogP contribution in [0.5, 0.6) is 5.75 Å². The van der Waals surface area contributed by atoms with Gasteiger partial charge in [-0.15, -0.1) is 0 Å². The van der Waals surface area contributed by atoms with Crippen molar-refractivity contribution in [2.24, 2.45) is 0 Å². The van der Waals surface area contributed by atoms with E-state index >= 15 is 0 Å². The van der Waals surface area contributed by atoms with Crippen LogP contribution in [-0.2, 0) is 11.2 Å². The lowest BCUT2D eigenvalue weighted by Crippen LogP contribution is -2.53. The zero-order valence-electron chi connectivity index (χ0n) is 13.2. The second kappa shape index (κ2) is 7.61. The average molecular weight is 356 g/mol. The number of benzene rings is 1. The van der Waals surface area contributed by atoms with Gasteiger partial charge in [-0.3, -0.25) is 0 Å². The van der Waals surface area contributed by atoms with E-state index in [1.165, 1.54) is 18.4 Å². The lowest BCUT2D eigenvalue weighted by atomic mass is 9.84. The van der Waals surface area contributed by atoms with Gasteiger partial charge in [0.15, 0.2) is 0 Å². The number of likely N-dealkylation sites (N-methyl/N-ethyl adjacent to an activating group) is 1. The number of nitrogens with one attached hydrogen (secondary N) is 1. The molecule has 1 aliphatic rings. The Bertz CT molecular complexity index is 458. The first-order valence-electron chi connectivity index (χ1n) is 7.79. The minimum absolute atomic E-state index is 0.0865. The van der Waals surface area contributed by atoms with Crippen LogP contribution in [0.3, 0.4) is 0 Å². The Morgan fingerprint density at radius 2 is 2.24 bits per heavy atom. The highest BCUT2D eigenvalue weighted by Gasteiger charge is 2.36. The van der Waals surface area contributed by atoms with Gasteiger partial charge in [0.1, 0.15) is 5.75 Å². The highest BCUT2D eigenvalue weighted by molar-refractivity contribution is 9.10. The van der Waals surface area contributed by atoms with E-state index in [1.54, 1.807) is 7.11 Å². The third-order valence-corrected chi connectivity index (χ3v) is 5.14. The molecular weight excluding hydrogens is 330 g/mol. The topological polar surface area (TPSA) is 30.5 Å². The van der Waals surface area contributed by atoms with Crippen LogP contribution in [0.25, 0.3) is 0 Å². The molecule has 0 amide bonds. The van der Waals surface area contributed by atoms with Gasteiger partial charge in [0.25, 0.3) is 0 Å². The normalized spacial score (nSPS) is 23.8. The molecular formula is C17H26BrNO2. The molecule has 0 saturated carbocycles. The van der Waals surface area contributed by atoms with Crippen LogP contribution in [0, 0.1) is 0 Å². The molecule has 3 nitrogen and oxygen atoms in total. The van der Waals surface area contributed by atoms with Gasteiger partial charge in [0.05, 0.1) is 12.7 Å². The predicted molar refractivity (Wildman–Crippen MR) is 90.1 cm³/mol. The Balaban J connectivity index is 2.19. The molecule has 1 aromatic carbocycles. The molecule has 0 aromatic heterocycles. The molecule has 118 valence electrons. The number of ether oxygens (including phenoxy) is 2. The van der Waals surface area contributed by atoms with E-state index < -0.39 is 0 Å². The predicted octanol–water partition coefficient (Wildman–Crippen LogP) is 3.94. The fourth-order valence-corrected chi connectivity index (χ4v) is 3.44. The molecule has 0 bridgehead atoms. The van der Waals surface area contributed by atoms with Gasteiger partial charge in [0.2, 0.25) is 0 Å². The van der Waals surface area contributed by atoms with Crippen LogP contribution >= 0.6 is 15.9 Å². The minimum atomic E-state index is -0.0865. The first-order valence-corrected chi connectivity index (χ1v) is 8.58. The Labute approximate surface area is 136 Å². The van der Waals surface area contributed by atoms with E-state index in [9.17, 15) is 0 Å². The first kappa shape index (κ1) is 16.8. The number of methoxy groups -OCH3 is 1. The Hall–Kier alpha value is -0.580. The summed E-state index contributed by atoms with van der Waals surface area (Å²) in [6, 6.07) is 6.46. The first-order chi connectivity index (χ1) is 10.1. The Kier molecular flexibility index (Phi) is 6.08. The maximum absolute atomic E-state index is 6.14. The monoisotopic (exact) mass is 355 g/mol. The van der Waals surface area contributed by atoms with Crippen LogP contribution in [0.15, 0.2) is 22.7 Å². The highest BCUT2D eigenvalue weighted by Crippen LogP contribution is 2.32. The van der Waals surface area contributed by atoms with Gasteiger partial charge in [-0.05, 0) is 62.9 Å². The zero-order chi connectivity index (χ0) is 15.3. The van der Waals surface area contributed by atoms with E-state index in [0.717, 1.165) is 36.2 Å². The van der Waals surface area contributed by atoms with Crippen molar-refractivity contribution in [1.29, 1.82) is 0 Å². The molecule has 2 rings (SSSR count). The molecule has 1 N–H and O–H groups in total. The lowest BCUT2D eigenvalue weighted by molar-refractivity contribution is -0.0881. The van der Waals surface area contributed by atoms with E-state index in [1.807, 2.05) is 6.07 Å². The van der Waals surface area contributed by atoms with E-state index in [2.05, 4.69) is 47.2 Å². The molecule has 1 fully saturated rings. The van der Waals surface area contributed by atoms with Crippen LogP contribution < -0.4 is 10.1 Å². The summed E-state index contributed by atoms with van der Waals surface area (Å²) in [5.74, 6) is 0.901. The van der Waals surface area contributed by atoms with Crippen molar-refractivity contribution in [3.05, 3.63) is 28.2 Å². The van der Waals surface area contributed by atoms with Crippen LogP contribution in [0.2, 0.25) is 0 Å². The molecule has 0 radical (unpaired) electrons. The van der Waals surface area contributed by atoms with Gasteiger partial charge in [0, 0.05) is 17.1 Å². The molecule has 0 spiro atoms. The van der Waals surface area contributed by atoms with Crippen molar-refractivity contribution < 1.29 is 9.47 Å². The van der Waals surface area contributed by atoms with Crippen molar-refractivity contribution in [2.45, 2.75) is 51.2 Å². The molecule has 2 atom stereocenters. The largest absolute Gasteiger partial charge is 0.497 e.